The number of rotatable bonds is 4. The summed E-state index contributed by atoms with van der Waals surface area (Å²) in [4.78, 5) is 19.1. The van der Waals surface area contributed by atoms with Crippen LogP contribution >= 0.6 is 0 Å². The first-order chi connectivity index (χ1) is 13.6. The van der Waals surface area contributed by atoms with Gasteiger partial charge < -0.3 is 4.74 Å². The fourth-order valence-corrected chi connectivity index (χ4v) is 3.92. The van der Waals surface area contributed by atoms with Crippen molar-refractivity contribution in [3.63, 3.8) is 0 Å². The molecule has 0 radical (unpaired) electrons. The first-order valence-corrected chi connectivity index (χ1v) is 9.55. The highest BCUT2D eigenvalue weighted by atomic mass is 16.5. The second-order valence-electron chi connectivity index (χ2n) is 7.04. The number of para-hydroxylation sites is 1. The van der Waals surface area contributed by atoms with Crippen molar-refractivity contribution >= 4 is 11.9 Å². The van der Waals surface area contributed by atoms with Crippen molar-refractivity contribution in [2.75, 3.05) is 12.0 Å². The van der Waals surface area contributed by atoms with Crippen LogP contribution in [0.3, 0.4) is 0 Å². The van der Waals surface area contributed by atoms with E-state index < -0.39 is 0 Å². The topological polar surface area (TPSA) is 60.2 Å². The van der Waals surface area contributed by atoms with Gasteiger partial charge in [0.15, 0.2) is 0 Å². The normalized spacial score (nSPS) is 18.6. The number of carbonyl (C=O) groups excluding carboxylic acids is 1. The predicted octanol–water partition coefficient (Wildman–Crippen LogP) is 4.07. The van der Waals surface area contributed by atoms with E-state index in [4.69, 9.17) is 4.74 Å². The minimum atomic E-state index is -0.111. The third-order valence-corrected chi connectivity index (χ3v) is 5.35. The zero-order valence-electron chi connectivity index (χ0n) is 16.4. The molecule has 28 heavy (non-hydrogen) atoms. The van der Waals surface area contributed by atoms with Crippen LogP contribution in [0.1, 0.15) is 48.5 Å². The number of aryl methyl sites for hydroxylation is 1. The lowest BCUT2D eigenvalue weighted by Gasteiger charge is -2.39. The van der Waals surface area contributed by atoms with Gasteiger partial charge in [0.1, 0.15) is 12.1 Å². The minimum Gasteiger partial charge on any atom is -0.496 e. The lowest BCUT2D eigenvalue weighted by atomic mass is 9.91. The standard InChI is InChI=1S/C22H24N4O2/c1-4-21(27)25-18(16-11-9-15(2)10-12-16)13-19(26-22(25)23-14-24-26)17-7-5-6-8-20(17)28-3/h5-12,14,18-19H,4,13H2,1-3H3. The maximum Gasteiger partial charge on any atom is 0.231 e. The zero-order valence-corrected chi connectivity index (χ0v) is 16.4. The summed E-state index contributed by atoms with van der Waals surface area (Å²) >= 11 is 0. The smallest absolute Gasteiger partial charge is 0.231 e. The van der Waals surface area contributed by atoms with E-state index in [1.54, 1.807) is 12.0 Å². The molecule has 0 saturated carbocycles. The van der Waals surface area contributed by atoms with E-state index in [-0.39, 0.29) is 18.0 Å². The molecule has 4 rings (SSSR count). The van der Waals surface area contributed by atoms with E-state index in [0.717, 1.165) is 16.9 Å². The molecule has 3 aromatic rings. The Morgan fingerprint density at radius 1 is 1.14 bits per heavy atom. The van der Waals surface area contributed by atoms with Crippen molar-refractivity contribution in [2.24, 2.45) is 0 Å². The Morgan fingerprint density at radius 2 is 1.89 bits per heavy atom. The molecule has 2 unspecified atom stereocenters. The van der Waals surface area contributed by atoms with Crippen LogP contribution in [0.4, 0.5) is 5.95 Å². The summed E-state index contributed by atoms with van der Waals surface area (Å²) in [7, 11) is 1.67. The van der Waals surface area contributed by atoms with Crippen molar-refractivity contribution in [3.05, 3.63) is 71.5 Å². The molecule has 1 amide bonds. The fraction of sp³-hybridized carbons (Fsp3) is 0.318. The van der Waals surface area contributed by atoms with Gasteiger partial charge in [0.05, 0.1) is 19.2 Å². The molecule has 0 bridgehead atoms. The Morgan fingerprint density at radius 3 is 2.61 bits per heavy atom. The van der Waals surface area contributed by atoms with Crippen molar-refractivity contribution in [2.45, 2.75) is 38.8 Å². The minimum absolute atomic E-state index is 0.0401. The number of benzene rings is 2. The third kappa shape index (κ3) is 3.05. The molecule has 0 aliphatic carbocycles. The van der Waals surface area contributed by atoms with Crippen LogP contribution in [0.25, 0.3) is 0 Å². The summed E-state index contributed by atoms with van der Waals surface area (Å²) in [5.41, 5.74) is 3.33. The van der Waals surface area contributed by atoms with Crippen LogP contribution in [-0.2, 0) is 4.79 Å². The molecule has 2 heterocycles. The first kappa shape index (κ1) is 18.2. The van der Waals surface area contributed by atoms with Gasteiger partial charge in [-0.1, -0.05) is 55.0 Å². The molecule has 0 fully saturated rings. The van der Waals surface area contributed by atoms with E-state index in [1.807, 2.05) is 29.8 Å². The van der Waals surface area contributed by atoms with E-state index >= 15 is 0 Å². The number of nitrogens with zero attached hydrogens (tertiary/aromatic N) is 4. The van der Waals surface area contributed by atoms with Gasteiger partial charge in [0.25, 0.3) is 0 Å². The lowest BCUT2D eigenvalue weighted by molar-refractivity contribution is -0.119. The number of amides is 1. The molecule has 0 saturated heterocycles. The zero-order chi connectivity index (χ0) is 19.7. The molecule has 0 spiro atoms. The number of carbonyl (C=O) groups is 1. The molecule has 2 atom stereocenters. The Hall–Kier alpha value is -3.15. The first-order valence-electron chi connectivity index (χ1n) is 9.55. The third-order valence-electron chi connectivity index (χ3n) is 5.35. The molecule has 2 aromatic carbocycles. The quantitative estimate of drug-likeness (QED) is 0.689. The molecule has 1 aliphatic heterocycles. The summed E-state index contributed by atoms with van der Waals surface area (Å²) in [6.45, 7) is 3.94. The number of fused-ring (bicyclic) bond motifs is 1. The molecular formula is C22H24N4O2. The second kappa shape index (κ2) is 7.46. The highest BCUT2D eigenvalue weighted by Gasteiger charge is 2.39. The van der Waals surface area contributed by atoms with Gasteiger partial charge in [0.2, 0.25) is 11.9 Å². The number of ether oxygens (including phenoxy) is 1. The molecule has 144 valence electrons. The maximum atomic E-state index is 12.9. The van der Waals surface area contributed by atoms with Gasteiger partial charge >= 0.3 is 0 Å². The van der Waals surface area contributed by atoms with E-state index in [9.17, 15) is 4.79 Å². The molecule has 1 aliphatic rings. The molecule has 6 nitrogen and oxygen atoms in total. The monoisotopic (exact) mass is 376 g/mol. The average Bonchev–Trinajstić information content (AvgIpc) is 3.22. The summed E-state index contributed by atoms with van der Waals surface area (Å²) in [6, 6.07) is 16.2. The lowest BCUT2D eigenvalue weighted by Crippen LogP contribution is -2.42. The van der Waals surface area contributed by atoms with Crippen LogP contribution in [0.5, 0.6) is 5.75 Å². The predicted molar refractivity (Wildman–Crippen MR) is 107 cm³/mol. The van der Waals surface area contributed by atoms with Crippen LogP contribution in [0.15, 0.2) is 54.9 Å². The fourth-order valence-electron chi connectivity index (χ4n) is 3.92. The van der Waals surface area contributed by atoms with Gasteiger partial charge in [-0.2, -0.15) is 10.1 Å². The van der Waals surface area contributed by atoms with Gasteiger partial charge in [-0.15, -0.1) is 0 Å². The number of anilines is 1. The van der Waals surface area contributed by atoms with E-state index in [0.29, 0.717) is 18.8 Å². The largest absolute Gasteiger partial charge is 0.496 e. The highest BCUT2D eigenvalue weighted by Crippen LogP contribution is 2.44. The summed E-state index contributed by atoms with van der Waals surface area (Å²) < 4.78 is 7.44. The van der Waals surface area contributed by atoms with E-state index in [1.165, 1.54) is 11.9 Å². The number of aromatic nitrogens is 3. The Balaban J connectivity index is 1.86. The number of methoxy groups -OCH3 is 1. The van der Waals surface area contributed by atoms with Crippen molar-refractivity contribution in [3.8, 4) is 5.75 Å². The number of hydrogen-bond acceptors (Lipinski definition) is 4. The van der Waals surface area contributed by atoms with Gasteiger partial charge in [-0.05, 0) is 25.0 Å². The van der Waals surface area contributed by atoms with Gasteiger partial charge in [0, 0.05) is 12.0 Å². The number of hydrogen-bond donors (Lipinski definition) is 0. The van der Waals surface area contributed by atoms with Crippen LogP contribution < -0.4 is 9.64 Å². The van der Waals surface area contributed by atoms with Crippen LogP contribution in [-0.4, -0.2) is 27.8 Å². The van der Waals surface area contributed by atoms with Gasteiger partial charge in [-0.3, -0.25) is 9.69 Å². The second-order valence-corrected chi connectivity index (χ2v) is 7.04. The average molecular weight is 376 g/mol. The summed E-state index contributed by atoms with van der Waals surface area (Å²) in [5.74, 6) is 1.43. The highest BCUT2D eigenvalue weighted by molar-refractivity contribution is 5.92. The Bertz CT molecular complexity index is 980. The van der Waals surface area contributed by atoms with Gasteiger partial charge in [-0.25, -0.2) is 4.68 Å². The van der Waals surface area contributed by atoms with Crippen molar-refractivity contribution < 1.29 is 9.53 Å². The molecule has 1 aromatic heterocycles. The Kier molecular flexibility index (Phi) is 4.86. The summed E-state index contributed by atoms with van der Waals surface area (Å²) in [6.07, 6.45) is 2.63. The molecule has 6 heteroatoms. The summed E-state index contributed by atoms with van der Waals surface area (Å²) in [5, 5.41) is 4.46. The maximum absolute atomic E-state index is 12.9. The van der Waals surface area contributed by atoms with Crippen LogP contribution in [0, 0.1) is 6.92 Å². The van der Waals surface area contributed by atoms with Crippen LogP contribution in [0.2, 0.25) is 0 Å². The molecular weight excluding hydrogens is 352 g/mol. The Labute approximate surface area is 164 Å². The van der Waals surface area contributed by atoms with E-state index in [2.05, 4.69) is 47.3 Å². The SMILES string of the molecule is CCC(=O)N1c2ncnn2C(c2ccccc2OC)CC1c1ccc(C)cc1. The van der Waals surface area contributed by atoms with Crippen molar-refractivity contribution in [1.29, 1.82) is 0 Å². The van der Waals surface area contributed by atoms with Crippen molar-refractivity contribution in [1.82, 2.24) is 14.8 Å². The molecule has 0 N–H and O–H groups in total.